The zero-order valence-corrected chi connectivity index (χ0v) is 48.9. The smallest absolute Gasteiger partial charge is 0.0392 e. The van der Waals surface area contributed by atoms with Gasteiger partial charge in [0.05, 0.1) is 0 Å². The lowest BCUT2D eigenvalue weighted by Gasteiger charge is -2.00. The quantitative estimate of drug-likeness (QED) is 0.142. The molecule has 8 aromatic rings. The summed E-state index contributed by atoms with van der Waals surface area (Å²) in [6, 6.07) is 53.8. The standard InChI is InChI=1S/7C9H12.C8H10/c1-7-4-8(2)6-9(3)5-7;4*1-7-4-5-8(2)9(3)6-7;2*1-7-5-4-6-8(2)9(7)3;1-7-3-5-8(2)6-4-7/h7*4-6H,1-3H3;3-6H,1-2H3. The van der Waals surface area contributed by atoms with Gasteiger partial charge in [0, 0.05) is 0 Å². The van der Waals surface area contributed by atoms with E-state index in [1.165, 1.54) is 128 Å². The summed E-state index contributed by atoms with van der Waals surface area (Å²) in [6.45, 7) is 49.0. The average molecular weight is 948 g/mol. The van der Waals surface area contributed by atoms with Crippen LogP contribution in [0.4, 0.5) is 0 Å². The Hall–Kier alpha value is -6.24. The Labute approximate surface area is 436 Å². The Bertz CT molecular complexity index is 2450. The van der Waals surface area contributed by atoms with E-state index in [1.807, 2.05) is 0 Å². The second-order valence-corrected chi connectivity index (χ2v) is 20.2. The highest BCUT2D eigenvalue weighted by Crippen LogP contribution is 2.13. The maximum atomic E-state index is 2.20. The number of hydrogen-bond donors (Lipinski definition) is 0. The zero-order chi connectivity index (χ0) is 54.0. The molecule has 0 saturated heterocycles. The van der Waals surface area contributed by atoms with E-state index in [9.17, 15) is 0 Å². The van der Waals surface area contributed by atoms with Crippen LogP contribution in [0.5, 0.6) is 0 Å². The van der Waals surface area contributed by atoms with Crippen LogP contribution >= 0.6 is 0 Å². The van der Waals surface area contributed by atoms with Crippen molar-refractivity contribution in [3.8, 4) is 0 Å². The summed E-state index contributed by atoms with van der Waals surface area (Å²) in [5.41, 5.74) is 31.5. The molecule has 0 heteroatoms. The molecule has 0 saturated carbocycles. The van der Waals surface area contributed by atoms with Crippen LogP contribution in [0.15, 0.2) is 152 Å². The molecule has 0 N–H and O–H groups in total. The average Bonchev–Trinajstić information content (AvgIpc) is 3.29. The second-order valence-electron chi connectivity index (χ2n) is 20.2. The fraction of sp³-hybridized carbons (Fsp3) is 0.324. The molecular formula is C71H94. The molecule has 0 nitrogen and oxygen atoms in total. The minimum atomic E-state index is 1.33. The van der Waals surface area contributed by atoms with Crippen LogP contribution < -0.4 is 0 Å². The van der Waals surface area contributed by atoms with Crippen LogP contribution in [0.1, 0.15) is 128 Å². The van der Waals surface area contributed by atoms with Gasteiger partial charge in [0.1, 0.15) is 0 Å². The van der Waals surface area contributed by atoms with Crippen molar-refractivity contribution < 1.29 is 0 Å². The van der Waals surface area contributed by atoms with Crippen LogP contribution in [0, 0.1) is 159 Å². The van der Waals surface area contributed by atoms with Crippen molar-refractivity contribution in [1.82, 2.24) is 0 Å². The minimum absolute atomic E-state index is 1.33. The maximum Gasteiger partial charge on any atom is -0.0392 e. The van der Waals surface area contributed by atoms with Gasteiger partial charge in [-0.25, -0.2) is 0 Å². The Morgan fingerprint density at radius 3 is 0.479 bits per heavy atom. The molecule has 0 aromatic heterocycles. The molecule has 0 aliphatic heterocycles. The Morgan fingerprint density at radius 2 is 0.324 bits per heavy atom. The van der Waals surface area contributed by atoms with E-state index in [2.05, 4.69) is 311 Å². The van der Waals surface area contributed by atoms with Crippen molar-refractivity contribution in [1.29, 1.82) is 0 Å². The van der Waals surface area contributed by atoms with Gasteiger partial charge in [-0.1, -0.05) is 202 Å². The molecule has 0 radical (unpaired) electrons. The van der Waals surface area contributed by atoms with Gasteiger partial charge in [0.2, 0.25) is 0 Å². The highest BCUT2D eigenvalue weighted by atomic mass is 14.0. The van der Waals surface area contributed by atoms with Crippen molar-refractivity contribution >= 4 is 0 Å². The summed E-state index contributed by atoms with van der Waals surface area (Å²) in [7, 11) is 0. The molecule has 0 heterocycles. The summed E-state index contributed by atoms with van der Waals surface area (Å²) in [5.74, 6) is 0. The second kappa shape index (κ2) is 32.6. The van der Waals surface area contributed by atoms with E-state index in [0.717, 1.165) is 0 Å². The number of rotatable bonds is 0. The molecule has 71 heavy (non-hydrogen) atoms. The van der Waals surface area contributed by atoms with Gasteiger partial charge in [-0.3, -0.25) is 0 Å². The third-order valence-electron chi connectivity index (χ3n) is 13.0. The first-order chi connectivity index (χ1) is 33.2. The minimum Gasteiger partial charge on any atom is -0.0617 e. The molecule has 0 unspecified atom stereocenters. The molecule has 8 aromatic carbocycles. The van der Waals surface area contributed by atoms with Gasteiger partial charge in [-0.2, -0.15) is 0 Å². The lowest BCUT2D eigenvalue weighted by atomic mass is 10.1. The Morgan fingerprint density at radius 1 is 0.141 bits per heavy atom. The topological polar surface area (TPSA) is 0 Å². The third-order valence-corrected chi connectivity index (χ3v) is 13.0. The van der Waals surface area contributed by atoms with Crippen molar-refractivity contribution in [3.63, 3.8) is 0 Å². The van der Waals surface area contributed by atoms with Crippen LogP contribution in [0.3, 0.4) is 0 Å². The molecule has 0 aliphatic carbocycles. The molecule has 0 amide bonds. The molecular weight excluding hydrogens is 853 g/mol. The monoisotopic (exact) mass is 947 g/mol. The summed E-state index contributed by atoms with van der Waals surface area (Å²) in [6.07, 6.45) is 0. The van der Waals surface area contributed by atoms with Gasteiger partial charge in [0.25, 0.3) is 0 Å². The summed E-state index contributed by atoms with van der Waals surface area (Å²) in [4.78, 5) is 0. The van der Waals surface area contributed by atoms with E-state index in [1.54, 1.807) is 0 Å². The highest BCUT2D eigenvalue weighted by molar-refractivity contribution is 5.34. The number of benzene rings is 8. The Balaban J connectivity index is 0.000000406. The summed E-state index contributed by atoms with van der Waals surface area (Å²) < 4.78 is 0. The van der Waals surface area contributed by atoms with Crippen LogP contribution in [-0.2, 0) is 0 Å². The maximum absolute atomic E-state index is 2.20. The first kappa shape index (κ1) is 62.8. The fourth-order valence-electron chi connectivity index (χ4n) is 7.20. The Kier molecular flexibility index (Phi) is 28.8. The van der Waals surface area contributed by atoms with Gasteiger partial charge >= 0.3 is 0 Å². The molecule has 0 fully saturated rings. The fourth-order valence-corrected chi connectivity index (χ4v) is 7.20. The summed E-state index contributed by atoms with van der Waals surface area (Å²) >= 11 is 0. The molecule has 0 atom stereocenters. The van der Waals surface area contributed by atoms with E-state index < -0.39 is 0 Å². The largest absolute Gasteiger partial charge is 0.0617 e. The van der Waals surface area contributed by atoms with Crippen LogP contribution in [-0.4, -0.2) is 0 Å². The SMILES string of the molecule is Cc1cc(C)cc(C)c1.Cc1ccc(C)c(C)c1.Cc1ccc(C)c(C)c1.Cc1ccc(C)c(C)c1.Cc1ccc(C)c(C)c1.Cc1ccc(C)cc1.Cc1cccc(C)c1C.Cc1cccc(C)c1C. The third kappa shape index (κ3) is 26.5. The van der Waals surface area contributed by atoms with Gasteiger partial charge < -0.3 is 0 Å². The number of hydrogen-bond acceptors (Lipinski definition) is 0. The zero-order valence-electron chi connectivity index (χ0n) is 48.9. The van der Waals surface area contributed by atoms with E-state index in [-0.39, 0.29) is 0 Å². The molecule has 0 bridgehead atoms. The lowest BCUT2D eigenvalue weighted by Crippen LogP contribution is -1.82. The molecule has 0 spiro atoms. The summed E-state index contributed by atoms with van der Waals surface area (Å²) in [5, 5.41) is 0. The van der Waals surface area contributed by atoms with Gasteiger partial charge in [-0.15, -0.1) is 0 Å². The molecule has 0 aliphatic rings. The van der Waals surface area contributed by atoms with Gasteiger partial charge in [0.15, 0.2) is 0 Å². The predicted molar refractivity (Wildman–Crippen MR) is 320 cm³/mol. The van der Waals surface area contributed by atoms with Crippen LogP contribution in [0.25, 0.3) is 0 Å². The molecule has 378 valence electrons. The normalized spacial score (nSPS) is 9.62. The van der Waals surface area contributed by atoms with Crippen molar-refractivity contribution in [2.24, 2.45) is 0 Å². The van der Waals surface area contributed by atoms with Crippen molar-refractivity contribution in [2.75, 3.05) is 0 Å². The van der Waals surface area contributed by atoms with Gasteiger partial charge in [-0.05, 0) is 237 Å². The van der Waals surface area contributed by atoms with Crippen molar-refractivity contribution in [3.05, 3.63) is 280 Å². The van der Waals surface area contributed by atoms with E-state index >= 15 is 0 Å². The van der Waals surface area contributed by atoms with E-state index in [0.29, 0.717) is 0 Å². The van der Waals surface area contributed by atoms with Crippen LogP contribution in [0.2, 0.25) is 0 Å². The molecule has 8 rings (SSSR count). The predicted octanol–water partition coefficient (Wildman–Crippen LogP) is 20.6. The first-order valence-electron chi connectivity index (χ1n) is 25.5. The number of aryl methyl sites for hydroxylation is 21. The first-order valence-corrected chi connectivity index (χ1v) is 25.5. The highest BCUT2D eigenvalue weighted by Gasteiger charge is 1.95. The lowest BCUT2D eigenvalue weighted by molar-refractivity contribution is 1.27. The van der Waals surface area contributed by atoms with Crippen molar-refractivity contribution in [2.45, 2.75) is 159 Å². The van der Waals surface area contributed by atoms with E-state index in [4.69, 9.17) is 0 Å².